The zero-order chi connectivity index (χ0) is 40.2. The van der Waals surface area contributed by atoms with Gasteiger partial charge in [-0.3, -0.25) is 19.6 Å². The molecule has 7 rings (SSSR count). The van der Waals surface area contributed by atoms with Crippen molar-refractivity contribution in [2.45, 2.75) is 77.0 Å². The van der Waals surface area contributed by atoms with Gasteiger partial charge in [0.2, 0.25) is 11.8 Å². The number of carbonyl (C=O) groups excluding carboxylic acids is 4. The lowest BCUT2D eigenvalue weighted by Crippen LogP contribution is -2.51. The molecule has 3 aromatic heterocycles. The Kier molecular flexibility index (Phi) is 11.5. The van der Waals surface area contributed by atoms with Gasteiger partial charge >= 0.3 is 12.2 Å². The van der Waals surface area contributed by atoms with Crippen molar-refractivity contribution in [3.05, 3.63) is 72.7 Å². The molecule has 2 saturated heterocycles. The van der Waals surface area contributed by atoms with Crippen molar-refractivity contribution in [1.29, 1.82) is 0 Å². The number of aromatic nitrogens is 6. The average Bonchev–Trinajstić information content (AvgIpc) is 4.07. The number of carbonyl (C=O) groups is 4. The number of likely N-dealkylation sites (tertiary alicyclic amines) is 2. The van der Waals surface area contributed by atoms with E-state index in [0.717, 1.165) is 64.8 Å². The summed E-state index contributed by atoms with van der Waals surface area (Å²) in [7, 11) is 2.56. The van der Waals surface area contributed by atoms with Gasteiger partial charge in [-0.15, -0.1) is 0 Å². The summed E-state index contributed by atoms with van der Waals surface area (Å²) in [6.07, 6.45) is 7.74. The van der Waals surface area contributed by atoms with Crippen molar-refractivity contribution in [3.8, 4) is 33.8 Å². The molecule has 57 heavy (non-hydrogen) atoms. The second-order valence-corrected chi connectivity index (χ2v) is 14.7. The number of ether oxygens (including phenoxy) is 2. The summed E-state index contributed by atoms with van der Waals surface area (Å²) in [6.45, 7) is 6.81. The summed E-state index contributed by atoms with van der Waals surface area (Å²) >= 11 is 0. The molecular formula is C41H48N10O6. The number of rotatable bonds is 11. The largest absolute Gasteiger partial charge is 0.453 e. The summed E-state index contributed by atoms with van der Waals surface area (Å²) in [4.78, 5) is 80.2. The monoisotopic (exact) mass is 776 g/mol. The highest BCUT2D eigenvalue weighted by atomic mass is 16.5. The average molecular weight is 777 g/mol. The van der Waals surface area contributed by atoms with Crippen LogP contribution in [0.15, 0.2) is 61.1 Å². The van der Waals surface area contributed by atoms with Gasteiger partial charge in [-0.2, -0.15) is 0 Å². The van der Waals surface area contributed by atoms with E-state index in [1.807, 2.05) is 69.4 Å². The van der Waals surface area contributed by atoms with Crippen molar-refractivity contribution in [2.75, 3.05) is 27.3 Å². The van der Waals surface area contributed by atoms with Crippen LogP contribution in [-0.2, 0) is 19.1 Å². The number of H-pyrrole nitrogens is 2. The Morgan fingerprint density at radius 3 is 1.96 bits per heavy atom. The van der Waals surface area contributed by atoms with E-state index in [9.17, 15) is 19.2 Å². The van der Waals surface area contributed by atoms with Crippen LogP contribution in [0.3, 0.4) is 0 Å². The fourth-order valence-corrected chi connectivity index (χ4v) is 7.68. The first-order chi connectivity index (χ1) is 27.6. The number of hydrogen-bond acceptors (Lipinski definition) is 10. The number of amides is 4. The van der Waals surface area contributed by atoms with Crippen molar-refractivity contribution in [2.24, 2.45) is 5.92 Å². The Bertz CT molecular complexity index is 2230. The first-order valence-corrected chi connectivity index (χ1v) is 19.4. The summed E-state index contributed by atoms with van der Waals surface area (Å²) in [6, 6.07) is 12.0. The zero-order valence-electron chi connectivity index (χ0n) is 32.7. The molecule has 16 nitrogen and oxygen atoms in total. The fourth-order valence-electron chi connectivity index (χ4n) is 7.68. The molecule has 5 aromatic rings. The molecule has 2 fully saturated rings. The predicted molar refractivity (Wildman–Crippen MR) is 211 cm³/mol. The number of methoxy groups -OCH3 is 2. The van der Waals surface area contributed by atoms with Gasteiger partial charge in [0.25, 0.3) is 0 Å². The van der Waals surface area contributed by atoms with Crippen LogP contribution in [-0.4, -0.2) is 103 Å². The molecule has 0 bridgehead atoms. The Balaban J connectivity index is 1.01. The lowest BCUT2D eigenvalue weighted by atomic mass is 10.0. The number of imidazole rings is 2. The van der Waals surface area contributed by atoms with Crippen LogP contribution in [0, 0.1) is 5.92 Å². The number of benzene rings is 2. The minimum atomic E-state index is -0.697. The minimum Gasteiger partial charge on any atom is -0.453 e. The predicted octanol–water partition coefficient (Wildman–Crippen LogP) is 5.92. The number of nitrogens with one attached hydrogen (secondary N) is 4. The maximum absolute atomic E-state index is 13.5. The number of alkyl carbamates (subject to hydrolysis) is 2. The van der Waals surface area contributed by atoms with Gasteiger partial charge in [0.05, 0.1) is 66.8 Å². The molecule has 0 radical (unpaired) electrons. The van der Waals surface area contributed by atoms with Gasteiger partial charge in [-0.25, -0.2) is 19.6 Å². The highest BCUT2D eigenvalue weighted by Gasteiger charge is 2.38. The number of fused-ring (bicyclic) bond motifs is 1. The number of hydrogen-bond donors (Lipinski definition) is 4. The van der Waals surface area contributed by atoms with E-state index in [1.165, 1.54) is 14.2 Å². The van der Waals surface area contributed by atoms with Gasteiger partial charge in [0, 0.05) is 36.0 Å². The van der Waals surface area contributed by atoms with Gasteiger partial charge in [0.1, 0.15) is 23.7 Å². The molecule has 0 spiro atoms. The molecule has 5 heterocycles. The van der Waals surface area contributed by atoms with Crippen LogP contribution >= 0.6 is 0 Å². The molecule has 4 amide bonds. The third-order valence-corrected chi connectivity index (χ3v) is 10.8. The first-order valence-electron chi connectivity index (χ1n) is 19.4. The van der Waals surface area contributed by atoms with E-state index in [4.69, 9.17) is 29.4 Å². The van der Waals surface area contributed by atoms with Gasteiger partial charge in [0.15, 0.2) is 0 Å². The maximum Gasteiger partial charge on any atom is 0.407 e. The summed E-state index contributed by atoms with van der Waals surface area (Å²) < 4.78 is 9.46. The van der Waals surface area contributed by atoms with Crippen molar-refractivity contribution >= 4 is 35.0 Å². The molecule has 2 aliphatic heterocycles. The number of aromatic amines is 2. The molecule has 2 aliphatic rings. The van der Waals surface area contributed by atoms with Crippen LogP contribution in [0.2, 0.25) is 0 Å². The topological polar surface area (TPSA) is 200 Å². The van der Waals surface area contributed by atoms with E-state index in [1.54, 1.807) is 22.2 Å². The standard InChI is InChI=1S/C41H48N10O6/c1-6-27(48-40(54)56-4)38(52)50-17-8-10-34(50)37-45-28-16-15-26(19-29(28)46-37)31-21-42-30(20-43-31)24-11-13-25(14-12-24)32-22-44-36(47-32)33-9-7-18-51(33)39(53)35(23(2)3)49-41(55)57-5/h11-16,19-23,27,33-35H,6-10,17-18H2,1-5H3,(H,44,47)(H,45,46)(H,48,54)(H,49,55)/t27-,33-,34-,35-/m0/s1. The second-order valence-electron chi connectivity index (χ2n) is 14.7. The van der Waals surface area contributed by atoms with Crippen LogP contribution in [0.25, 0.3) is 44.8 Å². The van der Waals surface area contributed by atoms with Gasteiger partial charge < -0.3 is 39.9 Å². The van der Waals surface area contributed by atoms with E-state index < -0.39 is 24.3 Å². The normalized spacial score (nSPS) is 17.8. The highest BCUT2D eigenvalue weighted by molar-refractivity contribution is 5.87. The van der Waals surface area contributed by atoms with Crippen LogP contribution in [0.5, 0.6) is 0 Å². The Hall–Kier alpha value is -6.32. The van der Waals surface area contributed by atoms with Crippen molar-refractivity contribution in [1.82, 2.24) is 50.3 Å². The summed E-state index contributed by atoms with van der Waals surface area (Å²) in [5.41, 5.74) is 6.45. The molecule has 4 N–H and O–H groups in total. The third kappa shape index (κ3) is 8.16. The van der Waals surface area contributed by atoms with Crippen LogP contribution in [0.4, 0.5) is 9.59 Å². The molecule has 298 valence electrons. The Morgan fingerprint density at radius 1 is 0.772 bits per heavy atom. The molecule has 0 saturated carbocycles. The van der Waals surface area contributed by atoms with E-state index in [2.05, 4.69) is 20.6 Å². The zero-order valence-corrected chi connectivity index (χ0v) is 32.7. The fraction of sp³-hybridized carbons (Fsp3) is 0.415. The molecule has 16 heteroatoms. The van der Waals surface area contributed by atoms with Crippen LogP contribution < -0.4 is 10.6 Å². The van der Waals surface area contributed by atoms with Crippen molar-refractivity contribution in [3.63, 3.8) is 0 Å². The quantitative estimate of drug-likeness (QED) is 0.125. The SMILES string of the molecule is CC[C@H](NC(=O)OC)C(=O)N1CCC[C@H]1c1nc2cc(-c3cnc(-c4ccc(-c5c[nH]c([C@@H]6CCCN6C(=O)[C@@H](NC(=O)OC)C(C)C)n5)cc4)cn3)ccc2[nH]1. The lowest BCUT2D eigenvalue weighted by Gasteiger charge is -2.29. The highest BCUT2D eigenvalue weighted by Crippen LogP contribution is 2.35. The third-order valence-electron chi connectivity index (χ3n) is 10.8. The van der Waals surface area contributed by atoms with Crippen LogP contribution in [0.1, 0.15) is 76.6 Å². The smallest absolute Gasteiger partial charge is 0.407 e. The Labute approximate surface area is 330 Å². The van der Waals surface area contributed by atoms with Gasteiger partial charge in [-0.1, -0.05) is 51.1 Å². The molecule has 0 unspecified atom stereocenters. The minimum absolute atomic E-state index is 0.113. The molecule has 4 atom stereocenters. The van der Waals surface area contributed by atoms with E-state index >= 15 is 0 Å². The molecular weight excluding hydrogens is 729 g/mol. The molecule has 0 aliphatic carbocycles. The Morgan fingerprint density at radius 2 is 1.35 bits per heavy atom. The summed E-state index contributed by atoms with van der Waals surface area (Å²) in [5.74, 6) is 0.996. The van der Waals surface area contributed by atoms with E-state index in [0.29, 0.717) is 36.9 Å². The van der Waals surface area contributed by atoms with Crippen molar-refractivity contribution < 1.29 is 28.7 Å². The first kappa shape index (κ1) is 38.9. The summed E-state index contributed by atoms with van der Waals surface area (Å²) in [5, 5.41) is 5.33. The second kappa shape index (κ2) is 16.8. The lowest BCUT2D eigenvalue weighted by molar-refractivity contribution is -0.135. The maximum atomic E-state index is 13.5. The van der Waals surface area contributed by atoms with Gasteiger partial charge in [-0.05, 0) is 50.2 Å². The number of nitrogens with zero attached hydrogens (tertiary/aromatic N) is 6. The van der Waals surface area contributed by atoms with E-state index in [-0.39, 0.29) is 29.8 Å². The molecule has 2 aromatic carbocycles.